The van der Waals surface area contributed by atoms with Crippen LogP contribution < -0.4 is 0 Å². The highest BCUT2D eigenvalue weighted by molar-refractivity contribution is 9.10. The Kier molecular flexibility index (Phi) is 4.09. The summed E-state index contributed by atoms with van der Waals surface area (Å²) in [6.07, 6.45) is -2.83. The van der Waals surface area contributed by atoms with Crippen molar-refractivity contribution < 1.29 is 13.7 Å². The first-order valence-electron chi connectivity index (χ1n) is 3.65. The molecule has 0 fully saturated rings. The maximum Gasteiger partial charge on any atom is 0.369 e. The molecule has 8 heteroatoms. The van der Waals surface area contributed by atoms with Gasteiger partial charge >= 0.3 is 12.2 Å². The fourth-order valence-electron chi connectivity index (χ4n) is 0.932. The van der Waals surface area contributed by atoms with Gasteiger partial charge in [0.2, 0.25) is 5.69 Å². The average Bonchev–Trinajstić information content (AvgIpc) is 2.16. The standard InChI is InChI=1S/C7H4Br2F2N2O2/c8-2-3-4(9)1-5(6(10)11)12-7(3)13(14)15/h1,6H,2H2. The molecule has 1 rings (SSSR count). The van der Waals surface area contributed by atoms with Gasteiger partial charge in [-0.15, -0.1) is 0 Å². The van der Waals surface area contributed by atoms with E-state index >= 15 is 0 Å². The van der Waals surface area contributed by atoms with Gasteiger partial charge in [-0.2, -0.15) is 0 Å². The zero-order valence-corrected chi connectivity index (χ0v) is 10.3. The molecular formula is C7H4Br2F2N2O2. The van der Waals surface area contributed by atoms with Gasteiger partial charge in [0, 0.05) is 15.9 Å². The quantitative estimate of drug-likeness (QED) is 0.478. The van der Waals surface area contributed by atoms with Crippen LogP contribution in [-0.4, -0.2) is 9.91 Å². The van der Waals surface area contributed by atoms with Crippen molar-refractivity contribution in [1.29, 1.82) is 0 Å². The number of pyridine rings is 1. The maximum absolute atomic E-state index is 12.3. The summed E-state index contributed by atoms with van der Waals surface area (Å²) in [5, 5.41) is 10.7. The summed E-state index contributed by atoms with van der Waals surface area (Å²) in [6, 6.07) is 1.08. The van der Waals surface area contributed by atoms with Gasteiger partial charge in [-0.05, 0) is 9.91 Å². The molecule has 0 unspecified atom stereocenters. The lowest BCUT2D eigenvalue weighted by molar-refractivity contribution is -0.390. The molecule has 0 spiro atoms. The Bertz CT molecular complexity index is 401. The maximum atomic E-state index is 12.3. The predicted molar refractivity (Wildman–Crippen MR) is 56.2 cm³/mol. The van der Waals surface area contributed by atoms with Crippen molar-refractivity contribution in [2.75, 3.05) is 0 Å². The van der Waals surface area contributed by atoms with Gasteiger partial charge < -0.3 is 10.1 Å². The normalized spacial score (nSPS) is 10.7. The van der Waals surface area contributed by atoms with E-state index in [1.54, 1.807) is 0 Å². The van der Waals surface area contributed by atoms with Crippen molar-refractivity contribution in [2.45, 2.75) is 11.8 Å². The van der Waals surface area contributed by atoms with Crippen LogP contribution in [0.3, 0.4) is 0 Å². The fourth-order valence-corrected chi connectivity index (χ4v) is 2.41. The summed E-state index contributed by atoms with van der Waals surface area (Å²) in [5.74, 6) is -0.559. The van der Waals surface area contributed by atoms with Gasteiger partial charge in [-0.1, -0.05) is 31.9 Å². The van der Waals surface area contributed by atoms with Crippen LogP contribution in [0.4, 0.5) is 14.6 Å². The lowest BCUT2D eigenvalue weighted by Crippen LogP contribution is -2.02. The van der Waals surface area contributed by atoms with E-state index in [4.69, 9.17) is 0 Å². The second-order valence-corrected chi connectivity index (χ2v) is 3.94. The summed E-state index contributed by atoms with van der Waals surface area (Å²) >= 11 is 6.01. The van der Waals surface area contributed by atoms with E-state index in [9.17, 15) is 18.9 Å². The first kappa shape index (κ1) is 12.4. The van der Waals surface area contributed by atoms with Gasteiger partial charge in [0.1, 0.15) is 0 Å². The molecule has 1 aromatic rings. The first-order chi connectivity index (χ1) is 6.97. The second-order valence-electron chi connectivity index (χ2n) is 2.52. The van der Waals surface area contributed by atoms with Gasteiger partial charge in [-0.3, -0.25) is 0 Å². The minimum Gasteiger partial charge on any atom is -0.358 e. The van der Waals surface area contributed by atoms with Crippen molar-refractivity contribution in [1.82, 2.24) is 4.98 Å². The number of alkyl halides is 3. The number of rotatable bonds is 3. The molecule has 0 aliphatic heterocycles. The van der Waals surface area contributed by atoms with E-state index in [0.29, 0.717) is 0 Å². The van der Waals surface area contributed by atoms with E-state index in [0.717, 1.165) is 6.07 Å². The lowest BCUT2D eigenvalue weighted by Gasteiger charge is -2.03. The molecule has 0 saturated carbocycles. The Morgan fingerprint density at radius 2 is 2.20 bits per heavy atom. The van der Waals surface area contributed by atoms with Crippen LogP contribution in [0.1, 0.15) is 17.7 Å². The SMILES string of the molecule is O=[N+]([O-])c1nc(C(F)F)cc(Br)c1CBr. The second kappa shape index (κ2) is 4.93. The average molecular weight is 346 g/mol. The molecule has 1 heterocycles. The molecule has 0 atom stereocenters. The van der Waals surface area contributed by atoms with Gasteiger partial charge in [-0.25, -0.2) is 8.78 Å². The summed E-state index contributed by atoms with van der Waals surface area (Å²) in [7, 11) is 0. The first-order valence-corrected chi connectivity index (χ1v) is 5.56. The van der Waals surface area contributed by atoms with Crippen LogP contribution in [-0.2, 0) is 5.33 Å². The summed E-state index contributed by atoms with van der Waals surface area (Å²) in [6.45, 7) is 0. The molecule has 0 N–H and O–H groups in total. The van der Waals surface area contributed by atoms with Gasteiger partial charge in [0.25, 0.3) is 0 Å². The van der Waals surface area contributed by atoms with Gasteiger partial charge in [0.05, 0.1) is 5.56 Å². The minimum absolute atomic E-state index is 0.167. The highest BCUT2D eigenvalue weighted by Crippen LogP contribution is 2.31. The third-order valence-corrected chi connectivity index (χ3v) is 2.87. The third kappa shape index (κ3) is 2.69. The van der Waals surface area contributed by atoms with Crippen molar-refractivity contribution in [3.63, 3.8) is 0 Å². The van der Waals surface area contributed by atoms with Crippen LogP contribution in [0, 0.1) is 10.1 Å². The molecule has 0 aromatic carbocycles. The van der Waals surface area contributed by atoms with Crippen molar-refractivity contribution in [3.8, 4) is 0 Å². The van der Waals surface area contributed by atoms with Crippen LogP contribution in [0.5, 0.6) is 0 Å². The largest absolute Gasteiger partial charge is 0.369 e. The Morgan fingerprint density at radius 1 is 1.60 bits per heavy atom. The highest BCUT2D eigenvalue weighted by Gasteiger charge is 2.24. The van der Waals surface area contributed by atoms with Crippen molar-refractivity contribution >= 4 is 37.7 Å². The summed E-state index contributed by atoms with van der Waals surface area (Å²) in [5.41, 5.74) is -0.373. The summed E-state index contributed by atoms with van der Waals surface area (Å²) < 4.78 is 24.9. The Balaban J connectivity index is 3.38. The zero-order valence-electron chi connectivity index (χ0n) is 7.08. The van der Waals surface area contributed by atoms with E-state index in [1.165, 1.54) is 0 Å². The van der Waals surface area contributed by atoms with Gasteiger partial charge in [0.15, 0.2) is 0 Å². The lowest BCUT2D eigenvalue weighted by atomic mass is 10.2. The number of aromatic nitrogens is 1. The number of nitrogens with zero attached hydrogens (tertiary/aromatic N) is 2. The Labute approximate surface area is 100 Å². The Hall–Kier alpha value is -0.630. The van der Waals surface area contributed by atoms with Crippen molar-refractivity contribution in [2.24, 2.45) is 0 Å². The number of hydrogen-bond acceptors (Lipinski definition) is 3. The molecule has 0 bridgehead atoms. The molecule has 82 valence electrons. The molecular weight excluding hydrogens is 342 g/mol. The third-order valence-electron chi connectivity index (χ3n) is 1.60. The van der Waals surface area contributed by atoms with E-state index in [-0.39, 0.29) is 15.4 Å². The van der Waals surface area contributed by atoms with Crippen LogP contribution in [0.2, 0.25) is 0 Å². The van der Waals surface area contributed by atoms with E-state index in [2.05, 4.69) is 36.8 Å². The molecule has 0 radical (unpaired) electrons. The molecule has 0 aliphatic rings. The monoisotopic (exact) mass is 344 g/mol. The molecule has 15 heavy (non-hydrogen) atoms. The summed E-state index contributed by atoms with van der Waals surface area (Å²) in [4.78, 5) is 13.1. The molecule has 0 aliphatic carbocycles. The Morgan fingerprint density at radius 3 is 2.60 bits per heavy atom. The van der Waals surface area contributed by atoms with Crippen molar-refractivity contribution in [3.05, 3.63) is 31.9 Å². The topological polar surface area (TPSA) is 56.0 Å². The number of hydrogen-bond donors (Lipinski definition) is 0. The van der Waals surface area contributed by atoms with Crippen LogP contribution >= 0.6 is 31.9 Å². The zero-order chi connectivity index (χ0) is 11.6. The smallest absolute Gasteiger partial charge is 0.358 e. The fraction of sp³-hybridized carbons (Fsp3) is 0.286. The number of halogens is 4. The number of nitro groups is 1. The van der Waals surface area contributed by atoms with Crippen LogP contribution in [0.25, 0.3) is 0 Å². The van der Waals surface area contributed by atoms with E-state index < -0.39 is 22.9 Å². The van der Waals surface area contributed by atoms with E-state index in [1.807, 2.05) is 0 Å². The molecule has 0 saturated heterocycles. The highest BCUT2D eigenvalue weighted by atomic mass is 79.9. The molecule has 0 amide bonds. The molecule has 1 aromatic heterocycles. The minimum atomic E-state index is -2.83. The predicted octanol–water partition coefficient (Wildman–Crippen LogP) is 3.58. The van der Waals surface area contributed by atoms with Crippen LogP contribution in [0.15, 0.2) is 10.5 Å². The molecule has 4 nitrogen and oxygen atoms in total.